The standard InChI is InChI=1S/C11H21NO2S/c12-11(8-13)4-3-10(6-11)15-7-9-2-1-5-14-9/h9-10,13H,1-8,12H2. The number of thioether (sulfide) groups is 1. The molecule has 2 aliphatic rings. The van der Waals surface area contributed by atoms with Crippen LogP contribution in [-0.2, 0) is 4.74 Å². The predicted octanol–water partition coefficient (Wildman–Crippen LogP) is 1.14. The SMILES string of the molecule is NC1(CO)CCC(SCC2CCCO2)C1. The third-order valence-electron chi connectivity index (χ3n) is 3.46. The molecule has 0 amide bonds. The number of rotatable bonds is 4. The Morgan fingerprint density at radius 3 is 2.93 bits per heavy atom. The van der Waals surface area contributed by atoms with Crippen LogP contribution in [0.25, 0.3) is 0 Å². The smallest absolute Gasteiger partial charge is 0.0666 e. The Kier molecular flexibility index (Phi) is 3.93. The summed E-state index contributed by atoms with van der Waals surface area (Å²) in [4.78, 5) is 0. The molecule has 3 atom stereocenters. The van der Waals surface area contributed by atoms with Crippen molar-refractivity contribution < 1.29 is 9.84 Å². The summed E-state index contributed by atoms with van der Waals surface area (Å²) < 4.78 is 5.59. The second-order valence-corrected chi connectivity index (χ2v) is 6.19. The minimum absolute atomic E-state index is 0.129. The van der Waals surface area contributed by atoms with Crippen LogP contribution in [0, 0.1) is 0 Å². The predicted molar refractivity (Wildman–Crippen MR) is 63.1 cm³/mol. The first-order valence-corrected chi connectivity index (χ1v) is 6.90. The van der Waals surface area contributed by atoms with Gasteiger partial charge in [0.2, 0.25) is 0 Å². The number of nitrogens with two attached hydrogens (primary N) is 1. The molecule has 2 fully saturated rings. The number of aliphatic hydroxyl groups excluding tert-OH is 1. The monoisotopic (exact) mass is 231 g/mol. The second kappa shape index (κ2) is 5.04. The lowest BCUT2D eigenvalue weighted by Gasteiger charge is -2.21. The average Bonchev–Trinajstić information content (AvgIpc) is 2.85. The molecule has 0 aromatic heterocycles. The second-order valence-electron chi connectivity index (χ2n) is 4.85. The maximum Gasteiger partial charge on any atom is 0.0666 e. The minimum atomic E-state index is -0.297. The molecular formula is C11H21NO2S. The van der Waals surface area contributed by atoms with Crippen molar-refractivity contribution in [1.82, 2.24) is 0 Å². The lowest BCUT2D eigenvalue weighted by atomic mass is 10.0. The Hall–Kier alpha value is 0.230. The summed E-state index contributed by atoms with van der Waals surface area (Å²) in [6.07, 6.45) is 5.97. The molecule has 15 heavy (non-hydrogen) atoms. The van der Waals surface area contributed by atoms with Crippen molar-refractivity contribution in [1.29, 1.82) is 0 Å². The lowest BCUT2D eigenvalue weighted by molar-refractivity contribution is 0.128. The number of hydrogen-bond acceptors (Lipinski definition) is 4. The van der Waals surface area contributed by atoms with Crippen molar-refractivity contribution in [2.75, 3.05) is 19.0 Å². The van der Waals surface area contributed by atoms with Gasteiger partial charge in [-0.05, 0) is 32.1 Å². The highest BCUT2D eigenvalue weighted by Gasteiger charge is 2.35. The van der Waals surface area contributed by atoms with Gasteiger partial charge in [-0.25, -0.2) is 0 Å². The van der Waals surface area contributed by atoms with Crippen LogP contribution >= 0.6 is 11.8 Å². The van der Waals surface area contributed by atoms with Crippen molar-refractivity contribution in [2.24, 2.45) is 5.73 Å². The van der Waals surface area contributed by atoms with E-state index in [0.29, 0.717) is 11.4 Å². The first-order valence-electron chi connectivity index (χ1n) is 5.85. The zero-order valence-corrected chi connectivity index (χ0v) is 9.97. The maximum absolute atomic E-state index is 9.16. The molecule has 1 heterocycles. The van der Waals surface area contributed by atoms with Gasteiger partial charge in [-0.15, -0.1) is 0 Å². The van der Waals surface area contributed by atoms with E-state index >= 15 is 0 Å². The minimum Gasteiger partial charge on any atom is -0.394 e. The normalized spacial score (nSPS) is 41.2. The fourth-order valence-electron chi connectivity index (χ4n) is 2.41. The Bertz CT molecular complexity index is 209. The Morgan fingerprint density at radius 1 is 1.47 bits per heavy atom. The maximum atomic E-state index is 9.16. The molecule has 1 aliphatic heterocycles. The zero-order chi connectivity index (χ0) is 10.7. The highest BCUT2D eigenvalue weighted by atomic mass is 32.2. The van der Waals surface area contributed by atoms with E-state index in [1.807, 2.05) is 11.8 Å². The van der Waals surface area contributed by atoms with E-state index in [1.165, 1.54) is 12.8 Å². The van der Waals surface area contributed by atoms with Crippen molar-refractivity contribution >= 4 is 11.8 Å². The lowest BCUT2D eigenvalue weighted by Crippen LogP contribution is -2.41. The first-order chi connectivity index (χ1) is 7.22. The molecular weight excluding hydrogens is 210 g/mol. The van der Waals surface area contributed by atoms with Gasteiger partial charge in [0.1, 0.15) is 0 Å². The van der Waals surface area contributed by atoms with Gasteiger partial charge < -0.3 is 15.6 Å². The average molecular weight is 231 g/mol. The summed E-state index contributed by atoms with van der Waals surface area (Å²) >= 11 is 1.98. The highest BCUT2D eigenvalue weighted by molar-refractivity contribution is 7.99. The van der Waals surface area contributed by atoms with Crippen LogP contribution in [0.15, 0.2) is 0 Å². The number of aliphatic hydroxyl groups is 1. The molecule has 1 aliphatic carbocycles. The van der Waals surface area contributed by atoms with Crippen molar-refractivity contribution in [3.63, 3.8) is 0 Å². The van der Waals surface area contributed by atoms with Crippen molar-refractivity contribution in [3.05, 3.63) is 0 Å². The Morgan fingerprint density at radius 2 is 2.33 bits per heavy atom. The van der Waals surface area contributed by atoms with Crippen LogP contribution in [-0.4, -0.2) is 41.0 Å². The van der Waals surface area contributed by atoms with Crippen molar-refractivity contribution in [3.8, 4) is 0 Å². The largest absolute Gasteiger partial charge is 0.394 e. The number of hydrogen-bond donors (Lipinski definition) is 2. The fourth-order valence-corrected chi connectivity index (χ4v) is 3.90. The summed E-state index contributed by atoms with van der Waals surface area (Å²) in [5, 5.41) is 9.79. The molecule has 3 N–H and O–H groups in total. The zero-order valence-electron chi connectivity index (χ0n) is 9.15. The van der Waals surface area contributed by atoms with E-state index in [4.69, 9.17) is 15.6 Å². The van der Waals surface area contributed by atoms with Gasteiger partial charge in [0.15, 0.2) is 0 Å². The van der Waals surface area contributed by atoms with E-state index in [-0.39, 0.29) is 12.1 Å². The van der Waals surface area contributed by atoms with E-state index < -0.39 is 0 Å². The first kappa shape index (κ1) is 11.7. The van der Waals surface area contributed by atoms with E-state index in [2.05, 4.69) is 0 Å². The van der Waals surface area contributed by atoms with Gasteiger partial charge in [-0.3, -0.25) is 0 Å². The van der Waals surface area contributed by atoms with Crippen LogP contribution in [0.1, 0.15) is 32.1 Å². The third-order valence-corrected chi connectivity index (χ3v) is 4.89. The third kappa shape index (κ3) is 3.09. The summed E-state index contributed by atoms with van der Waals surface area (Å²) in [6, 6.07) is 0. The van der Waals surface area contributed by atoms with Crippen molar-refractivity contribution in [2.45, 2.75) is 49.0 Å². The van der Waals surface area contributed by atoms with Gasteiger partial charge in [0.25, 0.3) is 0 Å². The van der Waals surface area contributed by atoms with Crippen LogP contribution in [0.4, 0.5) is 0 Å². The molecule has 2 rings (SSSR count). The molecule has 1 saturated carbocycles. The van der Waals surface area contributed by atoms with Gasteiger partial charge in [-0.1, -0.05) is 0 Å². The summed E-state index contributed by atoms with van der Waals surface area (Å²) in [6.45, 7) is 1.07. The van der Waals surface area contributed by atoms with Gasteiger partial charge in [-0.2, -0.15) is 11.8 Å². The van der Waals surface area contributed by atoms with E-state index in [0.717, 1.165) is 31.6 Å². The molecule has 0 aromatic rings. The molecule has 1 saturated heterocycles. The van der Waals surface area contributed by atoms with Crippen LogP contribution in [0.5, 0.6) is 0 Å². The Labute approximate surface area is 95.7 Å². The van der Waals surface area contributed by atoms with Crippen LogP contribution in [0.2, 0.25) is 0 Å². The highest BCUT2D eigenvalue weighted by Crippen LogP contribution is 2.36. The molecule has 0 spiro atoms. The summed E-state index contributed by atoms with van der Waals surface area (Å²) in [5.41, 5.74) is 5.74. The quantitative estimate of drug-likeness (QED) is 0.762. The molecule has 0 aromatic carbocycles. The van der Waals surface area contributed by atoms with Crippen LogP contribution in [0.3, 0.4) is 0 Å². The van der Waals surface area contributed by atoms with Gasteiger partial charge >= 0.3 is 0 Å². The van der Waals surface area contributed by atoms with E-state index in [9.17, 15) is 0 Å². The molecule has 0 bridgehead atoms. The summed E-state index contributed by atoms with van der Waals surface area (Å²) in [5.74, 6) is 1.10. The van der Waals surface area contributed by atoms with Gasteiger partial charge in [0, 0.05) is 23.1 Å². The molecule has 4 heteroatoms. The number of ether oxygens (including phenoxy) is 1. The molecule has 88 valence electrons. The summed E-state index contributed by atoms with van der Waals surface area (Å²) in [7, 11) is 0. The molecule has 0 radical (unpaired) electrons. The Balaban J connectivity index is 1.68. The molecule has 3 unspecified atom stereocenters. The topological polar surface area (TPSA) is 55.5 Å². The van der Waals surface area contributed by atoms with E-state index in [1.54, 1.807) is 0 Å². The van der Waals surface area contributed by atoms with Gasteiger partial charge in [0.05, 0.1) is 12.7 Å². The van der Waals surface area contributed by atoms with Crippen LogP contribution < -0.4 is 5.73 Å². The fraction of sp³-hybridized carbons (Fsp3) is 1.00. The molecule has 3 nitrogen and oxygen atoms in total.